The average molecular weight is 232 g/mol. The molecule has 1 saturated carbocycles. The Hall–Kier alpha value is -1.73. The first-order valence-electron chi connectivity index (χ1n) is 5.58. The van der Waals surface area contributed by atoms with E-state index >= 15 is 0 Å². The van der Waals surface area contributed by atoms with E-state index in [0.717, 1.165) is 11.4 Å². The number of ether oxygens (including phenoxy) is 2. The van der Waals surface area contributed by atoms with Crippen LogP contribution in [0.1, 0.15) is 12.8 Å². The fourth-order valence-electron chi connectivity index (χ4n) is 2.11. The molecule has 2 rings (SSSR count). The Kier molecular flexibility index (Phi) is 3.21. The monoisotopic (exact) mass is 232 g/mol. The van der Waals surface area contributed by atoms with Gasteiger partial charge in [-0.25, -0.2) is 0 Å². The van der Waals surface area contributed by atoms with Gasteiger partial charge in [0.25, 0.3) is 0 Å². The fraction of sp³-hybridized carbons (Fsp3) is 0.462. The third kappa shape index (κ3) is 2.20. The minimum atomic E-state index is -0.519. The minimum absolute atomic E-state index is 0.178. The molecule has 0 unspecified atom stereocenters. The molecule has 1 fully saturated rings. The second-order valence-electron chi connectivity index (χ2n) is 4.29. The van der Waals surface area contributed by atoms with Crippen molar-refractivity contribution in [1.29, 1.82) is 5.26 Å². The molecule has 0 radical (unpaired) electrons. The summed E-state index contributed by atoms with van der Waals surface area (Å²) in [6.45, 7) is 0. The molecule has 0 amide bonds. The van der Waals surface area contributed by atoms with E-state index in [0.29, 0.717) is 12.8 Å². The molecule has 0 aliphatic heterocycles. The van der Waals surface area contributed by atoms with Gasteiger partial charge in [0, 0.05) is 20.0 Å². The summed E-state index contributed by atoms with van der Waals surface area (Å²) in [6, 6.07) is 9.95. The molecule has 0 spiro atoms. The highest BCUT2D eigenvalue weighted by atomic mass is 16.5. The maximum absolute atomic E-state index is 9.27. The van der Waals surface area contributed by atoms with Gasteiger partial charge in [0.05, 0.1) is 25.0 Å². The summed E-state index contributed by atoms with van der Waals surface area (Å²) in [7, 11) is 3.30. The van der Waals surface area contributed by atoms with Gasteiger partial charge in [0.2, 0.25) is 0 Å². The van der Waals surface area contributed by atoms with Gasteiger partial charge in [-0.3, -0.25) is 0 Å². The summed E-state index contributed by atoms with van der Waals surface area (Å²) in [5.41, 5.74) is 0.334. The lowest BCUT2D eigenvalue weighted by Crippen LogP contribution is -2.52. The van der Waals surface area contributed by atoms with E-state index in [1.54, 1.807) is 14.2 Å². The van der Waals surface area contributed by atoms with Crippen molar-refractivity contribution in [3.63, 3.8) is 0 Å². The van der Waals surface area contributed by atoms with Crippen LogP contribution in [0.2, 0.25) is 0 Å². The van der Waals surface area contributed by atoms with Crippen LogP contribution in [0.25, 0.3) is 0 Å². The van der Waals surface area contributed by atoms with Crippen LogP contribution in [-0.4, -0.2) is 25.9 Å². The molecule has 1 N–H and O–H groups in total. The second-order valence-corrected chi connectivity index (χ2v) is 4.29. The van der Waals surface area contributed by atoms with Gasteiger partial charge in [0.1, 0.15) is 11.3 Å². The summed E-state index contributed by atoms with van der Waals surface area (Å²) >= 11 is 0. The number of nitriles is 1. The van der Waals surface area contributed by atoms with Gasteiger partial charge in [-0.2, -0.15) is 5.26 Å². The van der Waals surface area contributed by atoms with Crippen molar-refractivity contribution in [2.75, 3.05) is 19.5 Å². The van der Waals surface area contributed by atoms with Crippen LogP contribution in [-0.2, 0) is 4.74 Å². The lowest BCUT2D eigenvalue weighted by atomic mass is 9.75. The Bertz CT molecular complexity index is 433. The zero-order valence-electron chi connectivity index (χ0n) is 10.1. The van der Waals surface area contributed by atoms with Crippen LogP contribution >= 0.6 is 0 Å². The van der Waals surface area contributed by atoms with Gasteiger partial charge in [-0.1, -0.05) is 12.1 Å². The van der Waals surface area contributed by atoms with E-state index in [1.807, 2.05) is 24.3 Å². The molecule has 4 nitrogen and oxygen atoms in total. The van der Waals surface area contributed by atoms with Crippen molar-refractivity contribution < 1.29 is 9.47 Å². The first kappa shape index (κ1) is 11.7. The molecular formula is C13H16N2O2. The van der Waals surface area contributed by atoms with Crippen molar-refractivity contribution in [2.45, 2.75) is 24.5 Å². The SMILES string of the molecule is COc1ccccc1NC1(C#N)CC(OC)C1. The molecule has 0 bridgehead atoms. The lowest BCUT2D eigenvalue weighted by molar-refractivity contribution is 0.0128. The Balaban J connectivity index is 2.13. The maximum atomic E-state index is 9.27. The number of rotatable bonds is 4. The fourth-order valence-corrected chi connectivity index (χ4v) is 2.11. The maximum Gasteiger partial charge on any atom is 0.141 e. The number of hydrogen-bond acceptors (Lipinski definition) is 4. The molecular weight excluding hydrogens is 216 g/mol. The minimum Gasteiger partial charge on any atom is -0.495 e. The summed E-state index contributed by atoms with van der Waals surface area (Å²) < 4.78 is 10.5. The second kappa shape index (κ2) is 4.64. The normalized spacial score (nSPS) is 26.8. The summed E-state index contributed by atoms with van der Waals surface area (Å²) in [4.78, 5) is 0. The molecule has 90 valence electrons. The predicted octanol–water partition coefficient (Wildman–Crippen LogP) is 2.18. The van der Waals surface area contributed by atoms with E-state index in [9.17, 15) is 5.26 Å². The Morgan fingerprint density at radius 1 is 1.35 bits per heavy atom. The van der Waals surface area contributed by atoms with E-state index in [2.05, 4.69) is 11.4 Å². The molecule has 1 aliphatic rings. The number of para-hydroxylation sites is 2. The standard InChI is InChI=1S/C13H16N2O2/c1-16-10-7-13(8-10,9-14)15-11-5-3-4-6-12(11)17-2/h3-6,10,15H,7-8H2,1-2H3. The van der Waals surface area contributed by atoms with Crippen LogP contribution in [0.3, 0.4) is 0 Å². The first-order valence-corrected chi connectivity index (χ1v) is 5.58. The first-order chi connectivity index (χ1) is 8.23. The van der Waals surface area contributed by atoms with Crippen LogP contribution in [0.5, 0.6) is 5.75 Å². The molecule has 0 saturated heterocycles. The third-order valence-corrected chi connectivity index (χ3v) is 3.18. The Labute approximate surface area is 101 Å². The molecule has 0 heterocycles. The number of nitrogens with one attached hydrogen (secondary N) is 1. The topological polar surface area (TPSA) is 54.3 Å². The van der Waals surface area contributed by atoms with Gasteiger partial charge >= 0.3 is 0 Å². The number of nitrogens with zero attached hydrogens (tertiary/aromatic N) is 1. The van der Waals surface area contributed by atoms with Crippen LogP contribution in [0.4, 0.5) is 5.69 Å². The van der Waals surface area contributed by atoms with E-state index in [-0.39, 0.29) is 6.10 Å². The molecule has 0 atom stereocenters. The van der Waals surface area contributed by atoms with Crippen LogP contribution in [0.15, 0.2) is 24.3 Å². The number of methoxy groups -OCH3 is 2. The predicted molar refractivity (Wildman–Crippen MR) is 65.0 cm³/mol. The highest BCUT2D eigenvalue weighted by Crippen LogP contribution is 2.38. The molecule has 1 aromatic carbocycles. The highest BCUT2D eigenvalue weighted by molar-refractivity contribution is 5.59. The molecule has 17 heavy (non-hydrogen) atoms. The Morgan fingerprint density at radius 3 is 2.65 bits per heavy atom. The zero-order valence-corrected chi connectivity index (χ0v) is 10.1. The van der Waals surface area contributed by atoms with Gasteiger partial charge in [0.15, 0.2) is 0 Å². The van der Waals surface area contributed by atoms with Gasteiger partial charge in [-0.15, -0.1) is 0 Å². The highest BCUT2D eigenvalue weighted by Gasteiger charge is 2.45. The van der Waals surface area contributed by atoms with Gasteiger partial charge in [-0.05, 0) is 12.1 Å². The van der Waals surface area contributed by atoms with Gasteiger partial charge < -0.3 is 14.8 Å². The number of hydrogen-bond donors (Lipinski definition) is 1. The van der Waals surface area contributed by atoms with Crippen molar-refractivity contribution in [1.82, 2.24) is 0 Å². The van der Waals surface area contributed by atoms with E-state index in [1.165, 1.54) is 0 Å². The molecule has 0 aromatic heterocycles. The van der Waals surface area contributed by atoms with Crippen molar-refractivity contribution >= 4 is 5.69 Å². The van der Waals surface area contributed by atoms with Crippen molar-refractivity contribution in [3.8, 4) is 11.8 Å². The lowest BCUT2D eigenvalue weighted by Gasteiger charge is -2.42. The third-order valence-electron chi connectivity index (χ3n) is 3.18. The quantitative estimate of drug-likeness (QED) is 0.864. The smallest absolute Gasteiger partial charge is 0.141 e. The molecule has 4 heteroatoms. The molecule has 1 aliphatic carbocycles. The van der Waals surface area contributed by atoms with Crippen LogP contribution in [0, 0.1) is 11.3 Å². The Morgan fingerprint density at radius 2 is 2.06 bits per heavy atom. The average Bonchev–Trinajstić information content (AvgIpc) is 2.33. The summed E-state index contributed by atoms with van der Waals surface area (Å²) in [5, 5.41) is 12.5. The molecule has 1 aromatic rings. The number of benzene rings is 1. The van der Waals surface area contributed by atoms with E-state index < -0.39 is 5.54 Å². The van der Waals surface area contributed by atoms with E-state index in [4.69, 9.17) is 9.47 Å². The largest absolute Gasteiger partial charge is 0.495 e. The zero-order chi connectivity index (χ0) is 12.3. The summed E-state index contributed by atoms with van der Waals surface area (Å²) in [5.74, 6) is 0.753. The number of anilines is 1. The van der Waals surface area contributed by atoms with Crippen molar-refractivity contribution in [2.24, 2.45) is 0 Å². The van der Waals surface area contributed by atoms with Crippen molar-refractivity contribution in [3.05, 3.63) is 24.3 Å². The summed E-state index contributed by atoms with van der Waals surface area (Å²) in [6.07, 6.45) is 1.59. The van der Waals surface area contributed by atoms with Crippen LogP contribution < -0.4 is 10.1 Å².